The SMILES string of the molecule is COc1ccccc1O[C@@H](C)C(=O)Nc1cc(Cl)ccc1Oc1ccccc1. The quantitative estimate of drug-likeness (QED) is 0.568. The summed E-state index contributed by atoms with van der Waals surface area (Å²) >= 11 is 6.10. The van der Waals surface area contributed by atoms with Gasteiger partial charge in [-0.25, -0.2) is 0 Å². The van der Waals surface area contributed by atoms with Gasteiger partial charge in [-0.1, -0.05) is 41.9 Å². The fourth-order valence-electron chi connectivity index (χ4n) is 2.50. The molecule has 0 aromatic heterocycles. The summed E-state index contributed by atoms with van der Waals surface area (Å²) in [5, 5.41) is 3.30. The third-order valence-corrected chi connectivity index (χ3v) is 4.15. The van der Waals surface area contributed by atoms with Gasteiger partial charge in [0.25, 0.3) is 5.91 Å². The zero-order chi connectivity index (χ0) is 19.9. The maximum absolute atomic E-state index is 12.7. The smallest absolute Gasteiger partial charge is 0.265 e. The number of hydrogen-bond donors (Lipinski definition) is 1. The van der Waals surface area contributed by atoms with E-state index in [9.17, 15) is 4.79 Å². The Morgan fingerprint density at radius 2 is 1.61 bits per heavy atom. The average Bonchev–Trinajstić information content (AvgIpc) is 2.71. The molecule has 0 fully saturated rings. The van der Waals surface area contributed by atoms with Crippen LogP contribution < -0.4 is 19.5 Å². The van der Waals surface area contributed by atoms with Crippen LogP contribution in [0.2, 0.25) is 5.02 Å². The number of methoxy groups -OCH3 is 1. The van der Waals surface area contributed by atoms with Gasteiger partial charge < -0.3 is 19.5 Å². The van der Waals surface area contributed by atoms with E-state index < -0.39 is 6.10 Å². The number of carbonyl (C=O) groups excluding carboxylic acids is 1. The largest absolute Gasteiger partial charge is 0.493 e. The number of carbonyl (C=O) groups is 1. The lowest BCUT2D eigenvalue weighted by atomic mass is 10.2. The van der Waals surface area contributed by atoms with Crippen LogP contribution >= 0.6 is 11.6 Å². The predicted molar refractivity (Wildman–Crippen MR) is 110 cm³/mol. The van der Waals surface area contributed by atoms with Crippen LogP contribution in [-0.2, 0) is 4.79 Å². The summed E-state index contributed by atoms with van der Waals surface area (Å²) in [5.74, 6) is 1.83. The van der Waals surface area contributed by atoms with Crippen LogP contribution in [0.5, 0.6) is 23.0 Å². The standard InChI is InChI=1S/C22H20ClNO4/c1-15(27-21-11-7-6-10-20(21)26-2)22(25)24-18-14-16(23)12-13-19(18)28-17-8-4-3-5-9-17/h3-15H,1-2H3,(H,24,25)/t15-/m0/s1. The van der Waals surface area contributed by atoms with Gasteiger partial charge in [0.05, 0.1) is 12.8 Å². The third-order valence-electron chi connectivity index (χ3n) is 3.91. The number of nitrogens with one attached hydrogen (secondary N) is 1. The van der Waals surface area contributed by atoms with Crippen LogP contribution in [0, 0.1) is 0 Å². The van der Waals surface area contributed by atoms with Crippen molar-refractivity contribution in [3.8, 4) is 23.0 Å². The molecule has 144 valence electrons. The van der Waals surface area contributed by atoms with Crippen LogP contribution in [0.3, 0.4) is 0 Å². The number of ether oxygens (including phenoxy) is 3. The molecular weight excluding hydrogens is 378 g/mol. The second-order valence-corrected chi connectivity index (χ2v) is 6.39. The van der Waals surface area contributed by atoms with Crippen molar-refractivity contribution in [3.63, 3.8) is 0 Å². The summed E-state index contributed by atoms with van der Waals surface area (Å²) in [5.41, 5.74) is 0.455. The highest BCUT2D eigenvalue weighted by molar-refractivity contribution is 6.31. The molecule has 0 unspecified atom stereocenters. The Morgan fingerprint density at radius 3 is 2.32 bits per heavy atom. The average molecular weight is 398 g/mol. The van der Waals surface area contributed by atoms with Crippen molar-refractivity contribution in [1.82, 2.24) is 0 Å². The van der Waals surface area contributed by atoms with Gasteiger partial charge in [-0.05, 0) is 49.4 Å². The molecule has 3 aromatic rings. The maximum Gasteiger partial charge on any atom is 0.265 e. The Morgan fingerprint density at radius 1 is 0.929 bits per heavy atom. The fourth-order valence-corrected chi connectivity index (χ4v) is 2.67. The summed E-state index contributed by atoms with van der Waals surface area (Å²) in [6, 6.07) is 21.5. The maximum atomic E-state index is 12.7. The van der Waals surface area contributed by atoms with Gasteiger partial charge in [-0.2, -0.15) is 0 Å². The van der Waals surface area contributed by atoms with Crippen LogP contribution in [0.1, 0.15) is 6.92 Å². The van der Waals surface area contributed by atoms with E-state index in [1.807, 2.05) is 42.5 Å². The number of para-hydroxylation sites is 3. The summed E-state index contributed by atoms with van der Waals surface area (Å²) < 4.78 is 16.9. The second-order valence-electron chi connectivity index (χ2n) is 5.96. The van der Waals surface area contributed by atoms with E-state index in [2.05, 4.69) is 5.32 Å². The molecule has 0 spiro atoms. The van der Waals surface area contributed by atoms with Gasteiger partial charge in [-0.3, -0.25) is 4.79 Å². The molecule has 0 aliphatic heterocycles. The first-order valence-corrected chi connectivity index (χ1v) is 9.07. The summed E-state index contributed by atoms with van der Waals surface area (Å²) in [4.78, 5) is 12.7. The van der Waals surface area contributed by atoms with Crippen molar-refractivity contribution < 1.29 is 19.0 Å². The molecule has 1 atom stereocenters. The first kappa shape index (κ1) is 19.6. The second kappa shape index (κ2) is 9.15. The van der Waals surface area contributed by atoms with Crippen molar-refractivity contribution in [3.05, 3.63) is 77.8 Å². The molecule has 0 saturated heterocycles. The Kier molecular flexibility index (Phi) is 6.40. The zero-order valence-electron chi connectivity index (χ0n) is 15.5. The zero-order valence-corrected chi connectivity index (χ0v) is 16.3. The Balaban J connectivity index is 1.75. The normalized spacial score (nSPS) is 11.4. The van der Waals surface area contributed by atoms with Crippen molar-refractivity contribution in [2.75, 3.05) is 12.4 Å². The Labute approximate surface area is 168 Å². The number of anilines is 1. The van der Waals surface area contributed by atoms with Crippen molar-refractivity contribution in [1.29, 1.82) is 0 Å². The summed E-state index contributed by atoms with van der Waals surface area (Å²) in [6.07, 6.45) is -0.764. The van der Waals surface area contributed by atoms with E-state index >= 15 is 0 Å². The van der Waals surface area contributed by atoms with Gasteiger partial charge in [0.1, 0.15) is 5.75 Å². The molecule has 1 amide bonds. The lowest BCUT2D eigenvalue weighted by molar-refractivity contribution is -0.122. The Bertz CT molecular complexity index is 946. The molecule has 0 heterocycles. The first-order chi connectivity index (χ1) is 13.6. The van der Waals surface area contributed by atoms with Crippen LogP contribution in [0.4, 0.5) is 5.69 Å². The molecular formula is C22H20ClNO4. The van der Waals surface area contributed by atoms with Crippen molar-refractivity contribution >= 4 is 23.2 Å². The molecule has 0 aliphatic rings. The predicted octanol–water partition coefficient (Wildman–Crippen LogP) is 5.55. The molecule has 0 saturated carbocycles. The lowest BCUT2D eigenvalue weighted by Gasteiger charge is -2.18. The molecule has 3 aromatic carbocycles. The molecule has 0 aliphatic carbocycles. The van der Waals surface area contributed by atoms with E-state index in [0.29, 0.717) is 33.7 Å². The Hall–Kier alpha value is -3.18. The minimum absolute atomic E-state index is 0.342. The summed E-state index contributed by atoms with van der Waals surface area (Å²) in [6.45, 7) is 1.66. The fraction of sp³-hybridized carbons (Fsp3) is 0.136. The number of amides is 1. The first-order valence-electron chi connectivity index (χ1n) is 8.70. The molecule has 0 bridgehead atoms. The van der Waals surface area contributed by atoms with Gasteiger partial charge in [0.2, 0.25) is 0 Å². The monoisotopic (exact) mass is 397 g/mol. The lowest BCUT2D eigenvalue weighted by Crippen LogP contribution is -2.30. The molecule has 0 radical (unpaired) electrons. The molecule has 28 heavy (non-hydrogen) atoms. The van der Waals surface area contributed by atoms with E-state index in [1.54, 1.807) is 44.4 Å². The molecule has 5 nitrogen and oxygen atoms in total. The number of benzene rings is 3. The number of halogens is 1. The third kappa shape index (κ3) is 4.96. The summed E-state index contributed by atoms with van der Waals surface area (Å²) in [7, 11) is 1.55. The topological polar surface area (TPSA) is 56.8 Å². The van der Waals surface area contributed by atoms with E-state index in [-0.39, 0.29) is 5.91 Å². The molecule has 6 heteroatoms. The van der Waals surface area contributed by atoms with Gasteiger partial charge >= 0.3 is 0 Å². The van der Waals surface area contributed by atoms with Gasteiger partial charge in [-0.15, -0.1) is 0 Å². The highest BCUT2D eigenvalue weighted by Gasteiger charge is 2.19. The van der Waals surface area contributed by atoms with Crippen molar-refractivity contribution in [2.45, 2.75) is 13.0 Å². The van der Waals surface area contributed by atoms with E-state index in [0.717, 1.165) is 0 Å². The number of hydrogen-bond acceptors (Lipinski definition) is 4. The molecule has 3 rings (SSSR count). The minimum atomic E-state index is -0.764. The number of rotatable bonds is 7. The highest BCUT2D eigenvalue weighted by atomic mass is 35.5. The van der Waals surface area contributed by atoms with Gasteiger partial charge in [0.15, 0.2) is 23.4 Å². The minimum Gasteiger partial charge on any atom is -0.493 e. The van der Waals surface area contributed by atoms with E-state index in [1.165, 1.54) is 0 Å². The van der Waals surface area contributed by atoms with Crippen LogP contribution in [-0.4, -0.2) is 19.1 Å². The van der Waals surface area contributed by atoms with Crippen LogP contribution in [0.15, 0.2) is 72.8 Å². The van der Waals surface area contributed by atoms with Crippen molar-refractivity contribution in [2.24, 2.45) is 0 Å². The van der Waals surface area contributed by atoms with Gasteiger partial charge in [0, 0.05) is 5.02 Å². The van der Waals surface area contributed by atoms with E-state index in [4.69, 9.17) is 25.8 Å². The molecule has 1 N–H and O–H groups in total. The van der Waals surface area contributed by atoms with Crippen LogP contribution in [0.25, 0.3) is 0 Å². The highest BCUT2D eigenvalue weighted by Crippen LogP contribution is 2.32.